The molecule has 0 saturated carbocycles. The number of nitrogens with zero attached hydrogens (tertiary/aromatic N) is 2. The molecule has 1 aromatic heterocycles. The van der Waals surface area contributed by atoms with E-state index < -0.39 is 0 Å². The molecular formula is C16H15N3O. The highest BCUT2D eigenvalue weighted by Gasteiger charge is 2.03. The maximum absolute atomic E-state index is 12.3. The van der Waals surface area contributed by atoms with Gasteiger partial charge in [0.25, 0.3) is 5.56 Å². The summed E-state index contributed by atoms with van der Waals surface area (Å²) in [6, 6.07) is 15.1. The quantitative estimate of drug-likeness (QED) is 0.739. The van der Waals surface area contributed by atoms with Crippen LogP contribution in [0, 0.1) is 0 Å². The maximum Gasteiger partial charge on any atom is 0.261 e. The topological polar surface area (TPSA) is 60.9 Å². The summed E-state index contributed by atoms with van der Waals surface area (Å²) in [6.07, 6.45) is 2.39. The first-order chi connectivity index (χ1) is 9.74. The fourth-order valence-electron chi connectivity index (χ4n) is 2.20. The van der Waals surface area contributed by atoms with Crippen LogP contribution in [0.2, 0.25) is 0 Å². The van der Waals surface area contributed by atoms with Crippen LogP contribution in [0.4, 0.5) is 5.69 Å². The molecule has 3 rings (SSSR count). The third-order valence-electron chi connectivity index (χ3n) is 3.35. The van der Waals surface area contributed by atoms with Gasteiger partial charge in [0.2, 0.25) is 0 Å². The highest BCUT2D eigenvalue weighted by atomic mass is 16.1. The molecule has 100 valence electrons. The van der Waals surface area contributed by atoms with E-state index in [1.54, 1.807) is 10.9 Å². The molecule has 0 saturated heterocycles. The monoisotopic (exact) mass is 265 g/mol. The number of nitrogens with two attached hydrogens (primary N) is 1. The number of aromatic nitrogens is 2. The van der Waals surface area contributed by atoms with Gasteiger partial charge < -0.3 is 5.73 Å². The lowest BCUT2D eigenvalue weighted by molar-refractivity contribution is 0.662. The number of fused-ring (bicyclic) bond motifs is 1. The second kappa shape index (κ2) is 5.17. The third kappa shape index (κ3) is 2.40. The fraction of sp³-hybridized carbons (Fsp3) is 0.125. The molecule has 0 aliphatic carbocycles. The van der Waals surface area contributed by atoms with Crippen LogP contribution in [0.1, 0.15) is 5.56 Å². The molecular weight excluding hydrogens is 250 g/mol. The molecule has 0 amide bonds. The van der Waals surface area contributed by atoms with Crippen molar-refractivity contribution in [3.8, 4) is 0 Å². The summed E-state index contributed by atoms with van der Waals surface area (Å²) >= 11 is 0. The van der Waals surface area contributed by atoms with Gasteiger partial charge in [-0.15, -0.1) is 0 Å². The smallest absolute Gasteiger partial charge is 0.261 e. The van der Waals surface area contributed by atoms with Crippen LogP contribution in [0.25, 0.3) is 10.9 Å². The van der Waals surface area contributed by atoms with Crippen LogP contribution >= 0.6 is 0 Å². The third-order valence-corrected chi connectivity index (χ3v) is 3.35. The van der Waals surface area contributed by atoms with Crippen molar-refractivity contribution >= 4 is 16.6 Å². The molecule has 4 heteroatoms. The van der Waals surface area contributed by atoms with Crippen LogP contribution in [-0.4, -0.2) is 9.55 Å². The van der Waals surface area contributed by atoms with E-state index in [9.17, 15) is 4.79 Å². The normalized spacial score (nSPS) is 10.8. The molecule has 4 nitrogen and oxygen atoms in total. The number of aryl methyl sites for hydroxylation is 2. The zero-order valence-corrected chi connectivity index (χ0v) is 11.0. The van der Waals surface area contributed by atoms with E-state index in [-0.39, 0.29) is 5.56 Å². The highest BCUT2D eigenvalue weighted by molar-refractivity contribution is 5.76. The fourth-order valence-corrected chi connectivity index (χ4v) is 2.20. The molecule has 2 N–H and O–H groups in total. The first-order valence-corrected chi connectivity index (χ1v) is 6.52. The van der Waals surface area contributed by atoms with Gasteiger partial charge in [0, 0.05) is 12.2 Å². The zero-order valence-electron chi connectivity index (χ0n) is 11.0. The molecule has 1 heterocycles. The summed E-state index contributed by atoms with van der Waals surface area (Å²) in [5.41, 5.74) is 8.30. The molecule has 0 aliphatic rings. The molecule has 0 atom stereocenters. The number of benzene rings is 2. The minimum absolute atomic E-state index is 0.00560. The van der Waals surface area contributed by atoms with E-state index in [2.05, 4.69) is 4.98 Å². The first-order valence-electron chi connectivity index (χ1n) is 6.52. The molecule has 0 spiro atoms. The average molecular weight is 265 g/mol. The van der Waals surface area contributed by atoms with Gasteiger partial charge in [-0.25, -0.2) is 4.98 Å². The lowest BCUT2D eigenvalue weighted by atomic mass is 10.1. The largest absolute Gasteiger partial charge is 0.399 e. The Kier molecular flexibility index (Phi) is 3.21. The first kappa shape index (κ1) is 12.4. The van der Waals surface area contributed by atoms with Gasteiger partial charge in [0.05, 0.1) is 17.2 Å². The predicted octanol–water partition coefficient (Wildman–Crippen LogP) is 2.22. The predicted molar refractivity (Wildman–Crippen MR) is 80.6 cm³/mol. The maximum atomic E-state index is 12.3. The molecule has 0 unspecified atom stereocenters. The number of anilines is 1. The SMILES string of the molecule is Nc1ccc(CCn2cnc3ccccc3c2=O)cc1. The second-order valence-electron chi connectivity index (χ2n) is 4.75. The van der Waals surface area contributed by atoms with Crippen molar-refractivity contribution < 1.29 is 0 Å². The number of hydrogen-bond acceptors (Lipinski definition) is 3. The summed E-state index contributed by atoms with van der Waals surface area (Å²) in [5, 5.41) is 0.660. The molecule has 3 aromatic rings. The Balaban J connectivity index is 1.86. The zero-order chi connectivity index (χ0) is 13.9. The van der Waals surface area contributed by atoms with Gasteiger partial charge in [0.15, 0.2) is 0 Å². The van der Waals surface area contributed by atoms with Crippen molar-refractivity contribution in [2.24, 2.45) is 0 Å². The van der Waals surface area contributed by atoms with Gasteiger partial charge in [-0.3, -0.25) is 9.36 Å². The van der Waals surface area contributed by atoms with Gasteiger partial charge in [-0.1, -0.05) is 24.3 Å². The summed E-state index contributed by atoms with van der Waals surface area (Å²) in [6.45, 7) is 0.612. The molecule has 0 radical (unpaired) electrons. The van der Waals surface area contributed by atoms with Gasteiger partial charge in [0.1, 0.15) is 0 Å². The summed E-state index contributed by atoms with van der Waals surface area (Å²) in [4.78, 5) is 16.6. The Morgan fingerprint density at radius 1 is 1.05 bits per heavy atom. The van der Waals surface area contributed by atoms with E-state index in [1.807, 2.05) is 48.5 Å². The molecule has 0 fully saturated rings. The number of para-hydroxylation sites is 1. The Morgan fingerprint density at radius 2 is 1.80 bits per heavy atom. The van der Waals surface area contributed by atoms with Gasteiger partial charge in [-0.05, 0) is 36.2 Å². The van der Waals surface area contributed by atoms with E-state index in [0.717, 1.165) is 23.2 Å². The van der Waals surface area contributed by atoms with Gasteiger partial charge in [-0.2, -0.15) is 0 Å². The molecule has 0 aliphatic heterocycles. The number of hydrogen-bond donors (Lipinski definition) is 1. The minimum atomic E-state index is 0.00560. The Morgan fingerprint density at radius 3 is 2.60 bits per heavy atom. The summed E-state index contributed by atoms with van der Waals surface area (Å²) < 4.78 is 1.65. The highest BCUT2D eigenvalue weighted by Crippen LogP contribution is 2.08. The molecule has 20 heavy (non-hydrogen) atoms. The van der Waals surface area contributed by atoms with Crippen LogP contribution in [0.5, 0.6) is 0 Å². The lowest BCUT2D eigenvalue weighted by Crippen LogP contribution is -2.21. The van der Waals surface area contributed by atoms with Crippen molar-refractivity contribution in [1.29, 1.82) is 0 Å². The van der Waals surface area contributed by atoms with E-state index >= 15 is 0 Å². The summed E-state index contributed by atoms with van der Waals surface area (Å²) in [5.74, 6) is 0. The minimum Gasteiger partial charge on any atom is -0.399 e. The molecule has 2 aromatic carbocycles. The number of nitrogen functional groups attached to an aromatic ring is 1. The van der Waals surface area contributed by atoms with E-state index in [4.69, 9.17) is 5.73 Å². The van der Waals surface area contributed by atoms with Crippen molar-refractivity contribution in [2.45, 2.75) is 13.0 Å². The lowest BCUT2D eigenvalue weighted by Gasteiger charge is -2.07. The Bertz CT molecular complexity index is 791. The van der Waals surface area contributed by atoms with Crippen LogP contribution in [-0.2, 0) is 13.0 Å². The van der Waals surface area contributed by atoms with Crippen LogP contribution < -0.4 is 11.3 Å². The van der Waals surface area contributed by atoms with Gasteiger partial charge >= 0.3 is 0 Å². The van der Waals surface area contributed by atoms with Crippen molar-refractivity contribution in [2.75, 3.05) is 5.73 Å². The average Bonchev–Trinajstić information content (AvgIpc) is 2.49. The van der Waals surface area contributed by atoms with E-state index in [1.165, 1.54) is 0 Å². The van der Waals surface area contributed by atoms with Crippen LogP contribution in [0.3, 0.4) is 0 Å². The second-order valence-corrected chi connectivity index (χ2v) is 4.75. The summed E-state index contributed by atoms with van der Waals surface area (Å²) in [7, 11) is 0. The standard InChI is InChI=1S/C16H15N3O/c17-13-7-5-12(6-8-13)9-10-19-11-18-15-4-2-1-3-14(15)16(19)20/h1-8,11H,9-10,17H2. The van der Waals surface area contributed by atoms with Crippen LogP contribution in [0.15, 0.2) is 59.7 Å². The Labute approximate surface area is 116 Å². The van der Waals surface area contributed by atoms with Crippen molar-refractivity contribution in [1.82, 2.24) is 9.55 Å². The van der Waals surface area contributed by atoms with Crippen molar-refractivity contribution in [3.63, 3.8) is 0 Å². The van der Waals surface area contributed by atoms with E-state index in [0.29, 0.717) is 11.9 Å². The van der Waals surface area contributed by atoms with Crippen molar-refractivity contribution in [3.05, 3.63) is 70.8 Å². The Hall–Kier alpha value is -2.62. The molecule has 0 bridgehead atoms. The number of rotatable bonds is 3.